The van der Waals surface area contributed by atoms with Crippen LogP contribution >= 0.6 is 0 Å². The molecular formula is C10H13F3N2O2. The Kier molecular flexibility index (Phi) is 4.17. The number of aliphatic imine (C=N–C) groups is 1. The Balaban J connectivity index is 2.56. The van der Waals surface area contributed by atoms with Gasteiger partial charge in [-0.25, -0.2) is 4.99 Å². The minimum absolute atomic E-state index is 0.113. The van der Waals surface area contributed by atoms with Gasteiger partial charge in [-0.2, -0.15) is 13.2 Å². The van der Waals surface area contributed by atoms with Crippen molar-refractivity contribution >= 4 is 6.02 Å². The van der Waals surface area contributed by atoms with E-state index in [4.69, 9.17) is 10.5 Å². The zero-order valence-electron chi connectivity index (χ0n) is 9.25. The van der Waals surface area contributed by atoms with Crippen LogP contribution in [0.2, 0.25) is 0 Å². The normalized spacial score (nSPS) is 21.4. The lowest BCUT2D eigenvalue weighted by Gasteiger charge is -2.10. The fourth-order valence-electron chi connectivity index (χ4n) is 1.13. The van der Waals surface area contributed by atoms with Crippen molar-refractivity contribution in [2.75, 3.05) is 13.2 Å². The van der Waals surface area contributed by atoms with Gasteiger partial charge in [0.05, 0.1) is 6.04 Å². The molecular weight excluding hydrogens is 237 g/mol. The van der Waals surface area contributed by atoms with E-state index in [1.165, 1.54) is 6.08 Å². The molecule has 1 aliphatic heterocycles. The molecule has 1 rings (SSSR count). The Morgan fingerprint density at radius 2 is 2.24 bits per heavy atom. The second kappa shape index (κ2) is 5.22. The fourth-order valence-corrected chi connectivity index (χ4v) is 1.13. The van der Waals surface area contributed by atoms with E-state index >= 15 is 0 Å². The molecule has 96 valence electrons. The molecule has 17 heavy (non-hydrogen) atoms. The van der Waals surface area contributed by atoms with Crippen molar-refractivity contribution in [1.82, 2.24) is 0 Å². The average molecular weight is 250 g/mol. The summed E-state index contributed by atoms with van der Waals surface area (Å²) >= 11 is 0. The molecule has 0 saturated heterocycles. The SMILES string of the molecule is C=C1C=C(COCC(F)(F)F)OC(N)=N[C@H]1C. The Morgan fingerprint density at radius 1 is 1.59 bits per heavy atom. The predicted octanol–water partition coefficient (Wildman–Crippen LogP) is 1.74. The largest absolute Gasteiger partial charge is 0.428 e. The van der Waals surface area contributed by atoms with E-state index in [9.17, 15) is 13.2 Å². The van der Waals surface area contributed by atoms with Crippen LogP contribution in [0.25, 0.3) is 0 Å². The van der Waals surface area contributed by atoms with Gasteiger partial charge in [0.2, 0.25) is 0 Å². The van der Waals surface area contributed by atoms with E-state index in [1.807, 2.05) is 0 Å². The van der Waals surface area contributed by atoms with E-state index in [-0.39, 0.29) is 24.4 Å². The quantitative estimate of drug-likeness (QED) is 0.830. The Bertz CT molecular complexity index is 361. The third kappa shape index (κ3) is 4.90. The second-order valence-corrected chi connectivity index (χ2v) is 3.54. The zero-order chi connectivity index (χ0) is 13.1. The molecule has 0 aromatic rings. The topological polar surface area (TPSA) is 56.8 Å². The maximum Gasteiger partial charge on any atom is 0.411 e. The van der Waals surface area contributed by atoms with Crippen LogP contribution in [0.3, 0.4) is 0 Å². The summed E-state index contributed by atoms with van der Waals surface area (Å²) in [5.41, 5.74) is 6.00. The first kappa shape index (κ1) is 13.6. The number of alkyl halides is 3. The molecule has 0 radical (unpaired) electrons. The number of hydrogen-bond donors (Lipinski definition) is 1. The van der Waals surface area contributed by atoms with Crippen molar-refractivity contribution in [3.63, 3.8) is 0 Å². The van der Waals surface area contributed by atoms with Crippen molar-refractivity contribution in [3.05, 3.63) is 24.0 Å². The standard InChI is InChI=1S/C10H13F3N2O2/c1-6-3-8(4-16-5-10(11,12)13)17-9(14)15-7(6)2/h3,7H,1,4-5H2,2H3,(H2,14,15)/t7-/m0/s1. The van der Waals surface area contributed by atoms with Gasteiger partial charge < -0.3 is 15.2 Å². The number of amidine groups is 1. The molecule has 0 aliphatic carbocycles. The van der Waals surface area contributed by atoms with Crippen molar-refractivity contribution in [2.24, 2.45) is 10.7 Å². The lowest BCUT2D eigenvalue weighted by atomic mass is 10.1. The molecule has 4 nitrogen and oxygen atoms in total. The lowest BCUT2D eigenvalue weighted by Crippen LogP contribution is -2.21. The summed E-state index contributed by atoms with van der Waals surface area (Å²) in [5.74, 6) is 0.157. The van der Waals surface area contributed by atoms with E-state index in [1.54, 1.807) is 6.92 Å². The summed E-state index contributed by atoms with van der Waals surface area (Å²) in [4.78, 5) is 3.91. The number of halogens is 3. The maximum absolute atomic E-state index is 11.9. The summed E-state index contributed by atoms with van der Waals surface area (Å²) in [6.07, 6.45) is -2.89. The van der Waals surface area contributed by atoms with E-state index < -0.39 is 12.8 Å². The molecule has 0 aromatic heterocycles. The predicted molar refractivity (Wildman–Crippen MR) is 56.3 cm³/mol. The van der Waals surface area contributed by atoms with Gasteiger partial charge in [-0.15, -0.1) is 0 Å². The molecule has 2 N–H and O–H groups in total. The molecule has 1 heterocycles. The zero-order valence-corrected chi connectivity index (χ0v) is 9.25. The van der Waals surface area contributed by atoms with Crippen molar-refractivity contribution in [3.8, 4) is 0 Å². The summed E-state index contributed by atoms with van der Waals surface area (Å²) in [6.45, 7) is 3.77. The highest BCUT2D eigenvalue weighted by molar-refractivity contribution is 5.73. The minimum atomic E-state index is -4.37. The average Bonchev–Trinajstić information content (AvgIpc) is 2.24. The van der Waals surface area contributed by atoms with Gasteiger partial charge >= 0.3 is 6.18 Å². The summed E-state index contributed by atoms with van der Waals surface area (Å²) in [6, 6.07) is -0.381. The molecule has 0 fully saturated rings. The van der Waals surface area contributed by atoms with E-state index in [2.05, 4.69) is 16.3 Å². The first-order valence-corrected chi connectivity index (χ1v) is 4.83. The molecule has 0 aromatic carbocycles. The van der Waals surface area contributed by atoms with Crippen LogP contribution in [0.5, 0.6) is 0 Å². The number of rotatable bonds is 3. The molecule has 1 aliphatic rings. The highest BCUT2D eigenvalue weighted by Gasteiger charge is 2.27. The summed E-state index contributed by atoms with van der Waals surface area (Å²) in [7, 11) is 0. The first-order chi connectivity index (χ1) is 7.78. The van der Waals surface area contributed by atoms with Crippen LogP contribution in [0.1, 0.15) is 6.92 Å². The summed E-state index contributed by atoms with van der Waals surface area (Å²) in [5, 5.41) is 0. The monoisotopic (exact) mass is 250 g/mol. The van der Waals surface area contributed by atoms with Crippen LogP contribution < -0.4 is 5.73 Å². The highest BCUT2D eigenvalue weighted by Crippen LogP contribution is 2.17. The van der Waals surface area contributed by atoms with Crippen molar-refractivity contribution < 1.29 is 22.6 Å². The number of nitrogens with two attached hydrogens (primary N) is 1. The van der Waals surface area contributed by atoms with Crippen LogP contribution in [0, 0.1) is 0 Å². The van der Waals surface area contributed by atoms with Gasteiger partial charge in [0.15, 0.2) is 0 Å². The van der Waals surface area contributed by atoms with Gasteiger partial charge in [-0.3, -0.25) is 0 Å². The van der Waals surface area contributed by atoms with Gasteiger partial charge in [0, 0.05) is 0 Å². The van der Waals surface area contributed by atoms with Crippen molar-refractivity contribution in [1.29, 1.82) is 0 Å². The van der Waals surface area contributed by atoms with Gasteiger partial charge in [-0.05, 0) is 18.6 Å². The van der Waals surface area contributed by atoms with E-state index in [0.717, 1.165) is 0 Å². The Labute approximate surface area is 96.6 Å². The van der Waals surface area contributed by atoms with E-state index in [0.29, 0.717) is 5.57 Å². The molecule has 0 saturated carbocycles. The number of hydrogen-bond acceptors (Lipinski definition) is 4. The van der Waals surface area contributed by atoms with Gasteiger partial charge in [0.1, 0.15) is 19.0 Å². The fraction of sp³-hybridized carbons (Fsp3) is 0.500. The molecule has 1 atom stereocenters. The summed E-state index contributed by atoms with van der Waals surface area (Å²) < 4.78 is 45.0. The van der Waals surface area contributed by atoms with Crippen LogP contribution in [-0.4, -0.2) is 31.5 Å². The maximum atomic E-state index is 11.9. The number of nitrogens with zero attached hydrogens (tertiary/aromatic N) is 1. The smallest absolute Gasteiger partial charge is 0.411 e. The van der Waals surface area contributed by atoms with Crippen LogP contribution in [-0.2, 0) is 9.47 Å². The molecule has 0 unspecified atom stereocenters. The second-order valence-electron chi connectivity index (χ2n) is 3.54. The Hall–Kier alpha value is -1.50. The van der Waals surface area contributed by atoms with Crippen LogP contribution in [0.4, 0.5) is 13.2 Å². The Morgan fingerprint density at radius 3 is 2.82 bits per heavy atom. The third-order valence-corrected chi connectivity index (χ3v) is 1.95. The molecule has 0 bridgehead atoms. The molecule has 7 heteroatoms. The first-order valence-electron chi connectivity index (χ1n) is 4.83. The lowest BCUT2D eigenvalue weighted by molar-refractivity contribution is -0.172. The third-order valence-electron chi connectivity index (χ3n) is 1.95. The number of ether oxygens (including phenoxy) is 2. The van der Waals surface area contributed by atoms with Crippen LogP contribution in [0.15, 0.2) is 29.0 Å². The molecule has 0 spiro atoms. The highest BCUT2D eigenvalue weighted by atomic mass is 19.4. The molecule has 0 amide bonds. The minimum Gasteiger partial charge on any atom is -0.428 e. The van der Waals surface area contributed by atoms with Crippen molar-refractivity contribution in [2.45, 2.75) is 19.1 Å². The van der Waals surface area contributed by atoms with Gasteiger partial charge in [0.25, 0.3) is 6.02 Å². The van der Waals surface area contributed by atoms with Gasteiger partial charge in [-0.1, -0.05) is 6.58 Å².